The molecule has 16 heteroatoms. The van der Waals surface area contributed by atoms with Gasteiger partial charge in [-0.2, -0.15) is 37.7 Å². The van der Waals surface area contributed by atoms with Crippen LogP contribution in [0.1, 0.15) is 24.4 Å². The Morgan fingerprint density at radius 1 is 1.03 bits per heavy atom. The summed E-state index contributed by atoms with van der Waals surface area (Å²) >= 11 is 1.69. The number of nitrogens with zero attached hydrogens (tertiary/aromatic N) is 5. The van der Waals surface area contributed by atoms with Gasteiger partial charge in [0.2, 0.25) is 0 Å². The Hall–Kier alpha value is -3.53. The van der Waals surface area contributed by atoms with Crippen molar-refractivity contribution in [1.29, 1.82) is 0 Å². The number of thiophene rings is 1. The lowest BCUT2D eigenvalue weighted by molar-refractivity contribution is -0.193. The number of aliphatic carboxylic acids is 2. The lowest BCUT2D eigenvalue weighted by atomic mass is 10.0. The summed E-state index contributed by atoms with van der Waals surface area (Å²) in [6, 6.07) is 6.70. The number of pyridine rings is 1. The summed E-state index contributed by atoms with van der Waals surface area (Å²) < 4.78 is 65.5. The number of hydrogen-bond acceptors (Lipinski definition) is 7. The Morgan fingerprint density at radius 2 is 1.62 bits per heavy atom. The number of hydrogen-bond donors (Lipinski definition) is 2. The van der Waals surface area contributed by atoms with Crippen molar-refractivity contribution in [2.24, 2.45) is 0 Å². The van der Waals surface area contributed by atoms with Crippen LogP contribution >= 0.6 is 11.3 Å². The first-order chi connectivity index (χ1) is 17.3. The Bertz CT molecular complexity index is 1090. The fourth-order valence-electron chi connectivity index (χ4n) is 3.09. The molecule has 202 valence electrons. The van der Waals surface area contributed by atoms with Gasteiger partial charge in [-0.05, 0) is 35.9 Å². The van der Waals surface area contributed by atoms with E-state index >= 15 is 0 Å². The molecule has 0 aliphatic carbocycles. The van der Waals surface area contributed by atoms with Gasteiger partial charge in [0.1, 0.15) is 5.69 Å². The van der Waals surface area contributed by atoms with Gasteiger partial charge >= 0.3 is 24.3 Å². The number of piperidine rings is 1. The number of carboxylic acids is 2. The zero-order valence-corrected chi connectivity index (χ0v) is 19.7. The van der Waals surface area contributed by atoms with Crippen LogP contribution in [-0.4, -0.2) is 72.5 Å². The van der Waals surface area contributed by atoms with Gasteiger partial charge in [-0.3, -0.25) is 9.88 Å². The molecule has 0 radical (unpaired) electrons. The molecule has 3 aromatic heterocycles. The lowest BCUT2D eigenvalue weighted by Crippen LogP contribution is -2.34. The van der Waals surface area contributed by atoms with Gasteiger partial charge < -0.3 is 10.2 Å². The molecule has 0 atom stereocenters. The van der Waals surface area contributed by atoms with Crippen molar-refractivity contribution in [2.75, 3.05) is 13.1 Å². The molecule has 0 unspecified atom stereocenters. The molecule has 1 aliphatic heterocycles. The highest BCUT2D eigenvalue weighted by atomic mass is 32.1. The minimum atomic E-state index is -5.08. The fourth-order valence-corrected chi connectivity index (χ4v) is 3.74. The summed E-state index contributed by atoms with van der Waals surface area (Å²) in [6.45, 7) is 3.17. The van der Waals surface area contributed by atoms with Gasteiger partial charge in [-0.25, -0.2) is 14.3 Å². The maximum absolute atomic E-state index is 10.6. The topological polar surface area (TPSA) is 121 Å². The molecule has 9 nitrogen and oxygen atoms in total. The third kappa shape index (κ3) is 10.2. The van der Waals surface area contributed by atoms with Crippen LogP contribution < -0.4 is 0 Å². The summed E-state index contributed by atoms with van der Waals surface area (Å²) in [5.41, 5.74) is 3.42. The van der Waals surface area contributed by atoms with Crippen LogP contribution in [-0.2, 0) is 16.1 Å². The van der Waals surface area contributed by atoms with Crippen LogP contribution in [0.3, 0.4) is 0 Å². The second kappa shape index (κ2) is 13.1. The summed E-state index contributed by atoms with van der Waals surface area (Å²) in [4.78, 5) is 24.5. The van der Waals surface area contributed by atoms with Crippen molar-refractivity contribution in [2.45, 2.75) is 37.8 Å². The van der Waals surface area contributed by atoms with Gasteiger partial charge in [0, 0.05) is 43.0 Å². The molecule has 37 heavy (non-hydrogen) atoms. The maximum Gasteiger partial charge on any atom is 0.490 e. The third-order valence-electron chi connectivity index (χ3n) is 4.87. The van der Waals surface area contributed by atoms with Crippen molar-refractivity contribution < 1.29 is 46.1 Å². The summed E-state index contributed by atoms with van der Waals surface area (Å²) in [6.07, 6.45) is -2.06. The molecule has 0 bridgehead atoms. The predicted octanol–water partition coefficient (Wildman–Crippen LogP) is 4.51. The Kier molecular flexibility index (Phi) is 10.5. The van der Waals surface area contributed by atoms with Crippen molar-refractivity contribution >= 4 is 23.3 Å². The number of carbonyl (C=O) groups is 2. The molecule has 3 aromatic rings. The summed E-state index contributed by atoms with van der Waals surface area (Å²) in [5, 5.41) is 27.1. The maximum atomic E-state index is 10.6. The fraction of sp³-hybridized carbons (Fsp3) is 0.381. The van der Waals surface area contributed by atoms with E-state index in [1.165, 1.54) is 5.56 Å². The number of halogens is 6. The van der Waals surface area contributed by atoms with Crippen molar-refractivity contribution in [3.63, 3.8) is 0 Å². The third-order valence-corrected chi connectivity index (χ3v) is 5.56. The first kappa shape index (κ1) is 29.7. The highest BCUT2D eigenvalue weighted by molar-refractivity contribution is 7.08. The van der Waals surface area contributed by atoms with Crippen LogP contribution in [0.15, 0.2) is 47.5 Å². The van der Waals surface area contributed by atoms with E-state index < -0.39 is 24.3 Å². The van der Waals surface area contributed by atoms with E-state index in [-0.39, 0.29) is 0 Å². The smallest absolute Gasteiger partial charge is 0.475 e. The highest BCUT2D eigenvalue weighted by Gasteiger charge is 2.38. The number of likely N-dealkylation sites (tertiary alicyclic amines) is 1. The van der Waals surface area contributed by atoms with Crippen molar-refractivity contribution in [3.8, 4) is 11.3 Å². The largest absolute Gasteiger partial charge is 0.490 e. The zero-order valence-electron chi connectivity index (χ0n) is 18.9. The first-order valence-electron chi connectivity index (χ1n) is 10.4. The molecular weight excluding hydrogens is 532 g/mol. The van der Waals surface area contributed by atoms with E-state index in [0.717, 1.165) is 43.7 Å². The van der Waals surface area contributed by atoms with E-state index in [4.69, 9.17) is 19.8 Å². The van der Waals surface area contributed by atoms with Gasteiger partial charge in [-0.15, -0.1) is 5.10 Å². The number of rotatable bonds is 4. The second-order valence-corrected chi connectivity index (χ2v) is 8.35. The number of aromatic nitrogens is 4. The predicted molar refractivity (Wildman–Crippen MR) is 119 cm³/mol. The van der Waals surface area contributed by atoms with Crippen LogP contribution in [0.2, 0.25) is 0 Å². The average molecular weight is 553 g/mol. The second-order valence-electron chi connectivity index (χ2n) is 7.57. The lowest BCUT2D eigenvalue weighted by Gasteiger charge is -2.31. The zero-order chi connectivity index (χ0) is 27.6. The van der Waals surface area contributed by atoms with Gasteiger partial charge in [0.15, 0.2) is 0 Å². The van der Waals surface area contributed by atoms with E-state index in [2.05, 4.69) is 54.0 Å². The molecule has 0 saturated carbocycles. The van der Waals surface area contributed by atoms with E-state index in [9.17, 15) is 26.3 Å². The standard InChI is InChI=1S/C17H19N5S.2C2HF3O2/c1-2-14(10-18-6-1)11-21-7-3-16(4-8-21)22-12-17(19-20-22)15-5-9-23-13-15;2*3-2(4,5)1(6)7/h1-2,5-6,9-10,12-13,16H,3-4,7-8,11H2;2*(H,6,7). The monoisotopic (exact) mass is 553 g/mol. The molecule has 4 rings (SSSR count). The summed E-state index contributed by atoms with van der Waals surface area (Å²) in [5.74, 6) is -5.51. The van der Waals surface area contributed by atoms with Gasteiger partial charge in [0.25, 0.3) is 0 Å². The Labute approximate surface area is 210 Å². The highest BCUT2D eigenvalue weighted by Crippen LogP contribution is 2.25. The Balaban J connectivity index is 0.000000286. The molecule has 4 heterocycles. The van der Waals surface area contributed by atoms with E-state index in [1.807, 2.05) is 18.5 Å². The first-order valence-corrected chi connectivity index (χ1v) is 11.4. The van der Waals surface area contributed by atoms with Gasteiger partial charge in [0.05, 0.1) is 12.2 Å². The van der Waals surface area contributed by atoms with E-state index in [0.29, 0.717) is 6.04 Å². The number of alkyl halides is 6. The normalized spacial score (nSPS) is 14.6. The molecule has 1 saturated heterocycles. The quantitative estimate of drug-likeness (QED) is 0.453. The molecule has 0 aromatic carbocycles. The number of carboxylic acid groups (broad SMARTS) is 2. The van der Waals surface area contributed by atoms with Crippen molar-refractivity contribution in [3.05, 3.63) is 53.1 Å². The minimum absolute atomic E-state index is 0.458. The van der Waals surface area contributed by atoms with E-state index in [1.54, 1.807) is 11.3 Å². The Morgan fingerprint density at radius 3 is 2.08 bits per heavy atom. The SMILES string of the molecule is O=C(O)C(F)(F)F.O=C(O)C(F)(F)F.c1cncc(CN2CCC(n3cc(-c4ccsc4)nn3)CC2)c1. The van der Waals surface area contributed by atoms with Crippen LogP contribution in [0.25, 0.3) is 11.3 Å². The van der Waals surface area contributed by atoms with Crippen LogP contribution in [0, 0.1) is 0 Å². The minimum Gasteiger partial charge on any atom is -0.475 e. The van der Waals surface area contributed by atoms with Crippen LogP contribution in [0.4, 0.5) is 26.3 Å². The van der Waals surface area contributed by atoms with Crippen LogP contribution in [0.5, 0.6) is 0 Å². The molecule has 0 amide bonds. The van der Waals surface area contributed by atoms with Crippen molar-refractivity contribution in [1.82, 2.24) is 24.9 Å². The van der Waals surface area contributed by atoms with Gasteiger partial charge in [-0.1, -0.05) is 11.3 Å². The molecule has 1 aliphatic rings. The summed E-state index contributed by atoms with van der Waals surface area (Å²) in [7, 11) is 0. The molecule has 2 N–H and O–H groups in total. The molecule has 1 fully saturated rings. The molecule has 0 spiro atoms. The average Bonchev–Trinajstić information content (AvgIpc) is 3.52. The molecular formula is C21H21F6N5O4S.